The van der Waals surface area contributed by atoms with Gasteiger partial charge < -0.3 is 10.7 Å². The van der Waals surface area contributed by atoms with Gasteiger partial charge in [-0.15, -0.1) is 0 Å². The Hall–Kier alpha value is -2.14. The topological polar surface area (TPSA) is 75.9 Å². The molecule has 2 unspecified atom stereocenters. The number of benzene rings is 1. The van der Waals surface area contributed by atoms with E-state index in [9.17, 15) is 0 Å². The summed E-state index contributed by atoms with van der Waals surface area (Å²) in [6, 6.07) is 12.9. The average Bonchev–Trinajstić information content (AvgIpc) is 3.27. The van der Waals surface area contributed by atoms with Crippen LogP contribution < -0.4 is 16.6 Å². The molecule has 3 rings (SSSR count). The van der Waals surface area contributed by atoms with Crippen molar-refractivity contribution in [1.82, 2.24) is 9.97 Å². The smallest absolute Gasteiger partial charge is 0.145 e. The van der Waals surface area contributed by atoms with Gasteiger partial charge in [-0.05, 0) is 18.4 Å². The second kappa shape index (κ2) is 6.10. The first-order chi connectivity index (χ1) is 10.3. The Balaban J connectivity index is 1.70. The van der Waals surface area contributed by atoms with Gasteiger partial charge >= 0.3 is 0 Å². The minimum Gasteiger partial charge on any atom is -0.367 e. The number of nitrogens with zero attached hydrogens (tertiary/aromatic N) is 2. The van der Waals surface area contributed by atoms with Crippen LogP contribution >= 0.6 is 0 Å². The molecule has 0 saturated heterocycles. The van der Waals surface area contributed by atoms with E-state index in [-0.39, 0.29) is 0 Å². The predicted octanol–water partition coefficient (Wildman–Crippen LogP) is 2.68. The van der Waals surface area contributed by atoms with Gasteiger partial charge in [-0.25, -0.2) is 15.8 Å². The third-order valence-corrected chi connectivity index (χ3v) is 3.75. The molecule has 5 nitrogen and oxygen atoms in total. The van der Waals surface area contributed by atoms with Crippen LogP contribution in [0.4, 0.5) is 11.6 Å². The van der Waals surface area contributed by atoms with Gasteiger partial charge in [-0.1, -0.05) is 37.3 Å². The number of hydrogen-bond donors (Lipinski definition) is 3. The second-order valence-corrected chi connectivity index (χ2v) is 5.45. The maximum absolute atomic E-state index is 5.48. The van der Waals surface area contributed by atoms with E-state index in [0.717, 1.165) is 30.9 Å². The lowest BCUT2D eigenvalue weighted by atomic mass is 10.1. The van der Waals surface area contributed by atoms with Crippen molar-refractivity contribution in [1.29, 1.82) is 0 Å². The highest BCUT2D eigenvalue weighted by molar-refractivity contribution is 5.49. The molecular weight excluding hydrogens is 262 g/mol. The van der Waals surface area contributed by atoms with E-state index >= 15 is 0 Å². The third kappa shape index (κ3) is 3.31. The largest absolute Gasteiger partial charge is 0.367 e. The van der Waals surface area contributed by atoms with Crippen molar-refractivity contribution in [3.63, 3.8) is 0 Å². The normalized spacial score (nSPS) is 20.1. The van der Waals surface area contributed by atoms with Crippen molar-refractivity contribution in [2.45, 2.75) is 38.1 Å². The van der Waals surface area contributed by atoms with Crippen LogP contribution in [0.1, 0.15) is 37.1 Å². The van der Waals surface area contributed by atoms with E-state index in [4.69, 9.17) is 5.84 Å². The molecule has 4 N–H and O–H groups in total. The lowest BCUT2D eigenvalue weighted by Gasteiger charge is -2.09. The molecule has 110 valence electrons. The first-order valence-corrected chi connectivity index (χ1v) is 7.46. The Kier molecular flexibility index (Phi) is 4.01. The highest BCUT2D eigenvalue weighted by Crippen LogP contribution is 2.42. The van der Waals surface area contributed by atoms with E-state index in [1.165, 1.54) is 5.56 Å². The van der Waals surface area contributed by atoms with Crippen LogP contribution in [0.15, 0.2) is 36.4 Å². The van der Waals surface area contributed by atoms with E-state index in [1.54, 1.807) is 0 Å². The number of rotatable bonds is 6. The van der Waals surface area contributed by atoms with Gasteiger partial charge in [0.1, 0.15) is 17.5 Å². The summed E-state index contributed by atoms with van der Waals surface area (Å²) < 4.78 is 0. The number of nitrogens with one attached hydrogen (secondary N) is 2. The average molecular weight is 283 g/mol. The molecule has 1 saturated carbocycles. The van der Waals surface area contributed by atoms with Crippen LogP contribution in [0.3, 0.4) is 0 Å². The highest BCUT2D eigenvalue weighted by Gasteiger charge is 2.38. The second-order valence-electron chi connectivity index (χ2n) is 5.45. The zero-order valence-electron chi connectivity index (χ0n) is 12.2. The molecule has 1 heterocycles. The molecule has 1 aliphatic rings. The molecule has 2 aromatic rings. The molecule has 0 bridgehead atoms. The minimum atomic E-state index is 0.447. The van der Waals surface area contributed by atoms with Gasteiger partial charge in [0, 0.05) is 24.4 Å². The lowest BCUT2D eigenvalue weighted by molar-refractivity contribution is 0.833. The Morgan fingerprint density at radius 3 is 2.67 bits per heavy atom. The summed E-state index contributed by atoms with van der Waals surface area (Å²) in [6.07, 6.45) is 3.02. The van der Waals surface area contributed by atoms with Gasteiger partial charge in [-0.3, -0.25) is 0 Å². The zero-order chi connectivity index (χ0) is 14.7. The summed E-state index contributed by atoms with van der Waals surface area (Å²) in [4.78, 5) is 8.92. The molecule has 1 fully saturated rings. The van der Waals surface area contributed by atoms with E-state index < -0.39 is 0 Å². The molecular formula is C16H21N5. The van der Waals surface area contributed by atoms with Crippen molar-refractivity contribution in [2.24, 2.45) is 5.84 Å². The van der Waals surface area contributed by atoms with Crippen LogP contribution in [0, 0.1) is 0 Å². The fourth-order valence-corrected chi connectivity index (χ4v) is 2.59. The first-order valence-electron chi connectivity index (χ1n) is 7.46. The molecule has 0 radical (unpaired) electrons. The Labute approximate surface area is 125 Å². The SMILES string of the molecule is CCCc1nc(NN)cc(NC2CC2c2ccccc2)n1. The molecule has 5 heteroatoms. The maximum Gasteiger partial charge on any atom is 0.145 e. The fraction of sp³-hybridized carbons (Fsp3) is 0.375. The Morgan fingerprint density at radius 1 is 1.19 bits per heavy atom. The number of aromatic nitrogens is 2. The third-order valence-electron chi connectivity index (χ3n) is 3.75. The first kappa shape index (κ1) is 13.8. The van der Waals surface area contributed by atoms with Gasteiger partial charge in [0.05, 0.1) is 0 Å². The Bertz CT molecular complexity index is 599. The van der Waals surface area contributed by atoms with Crippen molar-refractivity contribution in [3.05, 3.63) is 47.8 Å². The van der Waals surface area contributed by atoms with Gasteiger partial charge in [-0.2, -0.15) is 0 Å². The van der Waals surface area contributed by atoms with E-state index in [0.29, 0.717) is 17.8 Å². The van der Waals surface area contributed by atoms with Crippen molar-refractivity contribution in [2.75, 3.05) is 10.7 Å². The highest BCUT2D eigenvalue weighted by atomic mass is 15.3. The fourth-order valence-electron chi connectivity index (χ4n) is 2.59. The van der Waals surface area contributed by atoms with Gasteiger partial charge in [0.15, 0.2) is 0 Å². The van der Waals surface area contributed by atoms with Gasteiger partial charge in [0.2, 0.25) is 0 Å². The lowest BCUT2D eigenvalue weighted by Crippen LogP contribution is -2.13. The number of nitrogen functional groups attached to an aromatic ring is 1. The molecule has 0 aliphatic heterocycles. The number of nitrogens with two attached hydrogens (primary N) is 1. The van der Waals surface area contributed by atoms with Crippen molar-refractivity contribution < 1.29 is 0 Å². The summed E-state index contributed by atoms with van der Waals surface area (Å²) >= 11 is 0. The Morgan fingerprint density at radius 2 is 1.95 bits per heavy atom. The summed E-state index contributed by atoms with van der Waals surface area (Å²) in [5.74, 6) is 8.39. The quantitative estimate of drug-likeness (QED) is 0.561. The summed E-state index contributed by atoms with van der Waals surface area (Å²) in [7, 11) is 0. The molecule has 21 heavy (non-hydrogen) atoms. The standard InChI is InChI=1S/C16H21N5/c1-2-6-14-19-15(10-16(20-14)21-17)18-13-9-12(13)11-7-4-3-5-8-11/h3-5,7-8,10,12-13H,2,6,9,17H2,1H3,(H2,18,19,20,21). The zero-order valence-corrected chi connectivity index (χ0v) is 12.2. The van der Waals surface area contributed by atoms with E-state index in [1.807, 2.05) is 6.07 Å². The summed E-state index contributed by atoms with van der Waals surface area (Å²) in [6.45, 7) is 2.12. The monoisotopic (exact) mass is 283 g/mol. The minimum absolute atomic E-state index is 0.447. The molecule has 1 aliphatic carbocycles. The van der Waals surface area contributed by atoms with Gasteiger partial charge in [0.25, 0.3) is 0 Å². The predicted molar refractivity (Wildman–Crippen MR) is 85.0 cm³/mol. The van der Waals surface area contributed by atoms with Crippen LogP contribution in [0.25, 0.3) is 0 Å². The molecule has 0 amide bonds. The number of hydrogen-bond acceptors (Lipinski definition) is 5. The van der Waals surface area contributed by atoms with Crippen LogP contribution in [-0.2, 0) is 6.42 Å². The van der Waals surface area contributed by atoms with Crippen molar-refractivity contribution in [3.8, 4) is 0 Å². The van der Waals surface area contributed by atoms with Crippen LogP contribution in [0.2, 0.25) is 0 Å². The number of anilines is 2. The summed E-state index contributed by atoms with van der Waals surface area (Å²) in [5, 5.41) is 3.49. The van der Waals surface area contributed by atoms with E-state index in [2.05, 4.69) is 58.0 Å². The van der Waals surface area contributed by atoms with Crippen LogP contribution in [0.5, 0.6) is 0 Å². The molecule has 1 aromatic heterocycles. The summed E-state index contributed by atoms with van der Waals surface area (Å²) in [5.41, 5.74) is 4.00. The number of aryl methyl sites for hydroxylation is 1. The van der Waals surface area contributed by atoms with Crippen molar-refractivity contribution >= 4 is 11.6 Å². The molecule has 1 aromatic carbocycles. The number of hydrazine groups is 1. The maximum atomic E-state index is 5.48. The molecule has 2 atom stereocenters. The van der Waals surface area contributed by atoms with Crippen LogP contribution in [-0.4, -0.2) is 16.0 Å². The molecule has 0 spiro atoms.